The lowest BCUT2D eigenvalue weighted by Crippen LogP contribution is -2.18. The highest BCUT2D eigenvalue weighted by Gasteiger charge is 2.13. The van der Waals surface area contributed by atoms with Crippen molar-refractivity contribution in [1.29, 1.82) is 0 Å². The van der Waals surface area contributed by atoms with Gasteiger partial charge in [-0.1, -0.05) is 0 Å². The maximum absolute atomic E-state index is 10.6. The van der Waals surface area contributed by atoms with Crippen LogP contribution in [0.1, 0.15) is 10.4 Å². The van der Waals surface area contributed by atoms with Crippen molar-refractivity contribution < 1.29 is 24.1 Å². The van der Waals surface area contributed by atoms with E-state index in [1.807, 2.05) is 0 Å². The Bertz CT molecular complexity index is 387. The van der Waals surface area contributed by atoms with E-state index in [1.54, 1.807) is 12.1 Å². The molecule has 84 valence electrons. The van der Waals surface area contributed by atoms with E-state index in [1.165, 1.54) is 24.7 Å². The summed E-state index contributed by atoms with van der Waals surface area (Å²) in [4.78, 5) is 10.6. The summed E-state index contributed by atoms with van der Waals surface area (Å²) in [7, 11) is 0. The first-order valence-corrected chi connectivity index (χ1v) is 4.68. The van der Waals surface area contributed by atoms with Crippen LogP contribution < -0.4 is 4.74 Å². The SMILES string of the molecule is O=C(O)c1ccc(OCC2OC=CO2)cc1. The Hall–Kier alpha value is -2.17. The van der Waals surface area contributed by atoms with E-state index in [9.17, 15) is 4.79 Å². The zero-order valence-corrected chi connectivity index (χ0v) is 8.33. The van der Waals surface area contributed by atoms with Crippen LogP contribution in [0, 0.1) is 0 Å². The number of hydrogen-bond donors (Lipinski definition) is 1. The fraction of sp³-hybridized carbons (Fsp3) is 0.182. The lowest BCUT2D eigenvalue weighted by Gasteiger charge is -2.11. The van der Waals surface area contributed by atoms with Gasteiger partial charge in [-0.15, -0.1) is 0 Å². The van der Waals surface area contributed by atoms with E-state index in [0.29, 0.717) is 5.75 Å². The second-order valence-corrected chi connectivity index (χ2v) is 3.11. The molecule has 1 aromatic carbocycles. The number of carboxylic acids is 1. The minimum absolute atomic E-state index is 0.224. The Morgan fingerprint density at radius 3 is 2.44 bits per heavy atom. The molecule has 1 heterocycles. The molecule has 0 unspecified atom stereocenters. The average Bonchev–Trinajstić information content (AvgIpc) is 2.80. The molecule has 0 saturated heterocycles. The lowest BCUT2D eigenvalue weighted by molar-refractivity contribution is -0.0520. The summed E-state index contributed by atoms with van der Waals surface area (Å²) in [5, 5.41) is 8.69. The Morgan fingerprint density at radius 1 is 1.25 bits per heavy atom. The van der Waals surface area contributed by atoms with E-state index >= 15 is 0 Å². The van der Waals surface area contributed by atoms with Gasteiger partial charge in [0, 0.05) is 0 Å². The summed E-state index contributed by atoms with van der Waals surface area (Å²) < 4.78 is 15.4. The van der Waals surface area contributed by atoms with Gasteiger partial charge in [-0.25, -0.2) is 4.79 Å². The highest BCUT2D eigenvalue weighted by atomic mass is 16.7. The third-order valence-electron chi connectivity index (χ3n) is 2.00. The van der Waals surface area contributed by atoms with Crippen LogP contribution in [0.4, 0.5) is 0 Å². The van der Waals surface area contributed by atoms with Crippen LogP contribution in [0.2, 0.25) is 0 Å². The molecule has 1 N–H and O–H groups in total. The molecule has 0 aromatic heterocycles. The Kier molecular flexibility index (Phi) is 2.95. The Balaban J connectivity index is 1.87. The van der Waals surface area contributed by atoms with Gasteiger partial charge in [0.15, 0.2) is 6.61 Å². The minimum Gasteiger partial charge on any atom is -0.486 e. The zero-order chi connectivity index (χ0) is 11.4. The molecule has 0 saturated carbocycles. The van der Waals surface area contributed by atoms with Crippen molar-refractivity contribution in [2.75, 3.05) is 6.61 Å². The normalized spacial score (nSPS) is 14.2. The molecule has 1 aromatic rings. The molecule has 0 amide bonds. The first-order chi connectivity index (χ1) is 7.75. The number of carbonyl (C=O) groups is 1. The topological polar surface area (TPSA) is 65.0 Å². The number of benzene rings is 1. The van der Waals surface area contributed by atoms with Crippen molar-refractivity contribution in [1.82, 2.24) is 0 Å². The molecule has 0 bridgehead atoms. The number of aromatic carboxylic acids is 1. The van der Waals surface area contributed by atoms with E-state index < -0.39 is 12.3 Å². The van der Waals surface area contributed by atoms with Crippen LogP contribution in [0.25, 0.3) is 0 Å². The summed E-state index contributed by atoms with van der Waals surface area (Å²) >= 11 is 0. The molecular weight excluding hydrogens is 212 g/mol. The molecule has 0 fully saturated rings. The van der Waals surface area contributed by atoms with Gasteiger partial charge in [0.05, 0.1) is 5.56 Å². The summed E-state index contributed by atoms with van der Waals surface area (Å²) in [6, 6.07) is 6.14. The van der Waals surface area contributed by atoms with E-state index in [2.05, 4.69) is 0 Å². The quantitative estimate of drug-likeness (QED) is 0.838. The summed E-state index contributed by atoms with van der Waals surface area (Å²) in [5.41, 5.74) is 0.224. The predicted octanol–water partition coefficient (Wildman–Crippen LogP) is 1.61. The number of carboxylic acid groups (broad SMARTS) is 1. The number of rotatable bonds is 4. The number of hydrogen-bond acceptors (Lipinski definition) is 4. The minimum atomic E-state index is -0.960. The van der Waals surface area contributed by atoms with Crippen LogP contribution in [-0.4, -0.2) is 24.0 Å². The van der Waals surface area contributed by atoms with E-state index in [4.69, 9.17) is 19.3 Å². The molecule has 5 heteroatoms. The smallest absolute Gasteiger partial charge is 0.335 e. The fourth-order valence-electron chi connectivity index (χ4n) is 1.21. The molecule has 1 aliphatic rings. The van der Waals surface area contributed by atoms with Crippen LogP contribution in [0.5, 0.6) is 5.75 Å². The molecule has 0 aliphatic carbocycles. The van der Waals surface area contributed by atoms with Crippen LogP contribution >= 0.6 is 0 Å². The maximum atomic E-state index is 10.6. The molecule has 5 nitrogen and oxygen atoms in total. The first-order valence-electron chi connectivity index (χ1n) is 4.68. The molecule has 1 aliphatic heterocycles. The zero-order valence-electron chi connectivity index (χ0n) is 8.33. The largest absolute Gasteiger partial charge is 0.486 e. The van der Waals surface area contributed by atoms with Crippen molar-refractivity contribution >= 4 is 5.97 Å². The highest BCUT2D eigenvalue weighted by Crippen LogP contribution is 2.14. The second-order valence-electron chi connectivity index (χ2n) is 3.11. The second kappa shape index (κ2) is 4.57. The standard InChI is InChI=1S/C11H10O5/c12-11(13)8-1-3-9(4-2-8)16-7-10-14-5-6-15-10/h1-6,10H,7H2,(H,12,13). The van der Waals surface area contributed by atoms with Gasteiger partial charge in [-0.05, 0) is 24.3 Å². The van der Waals surface area contributed by atoms with Crippen molar-refractivity contribution in [3.8, 4) is 5.75 Å². The maximum Gasteiger partial charge on any atom is 0.335 e. The third-order valence-corrected chi connectivity index (χ3v) is 2.00. The first kappa shape index (κ1) is 10.4. The van der Waals surface area contributed by atoms with Crippen molar-refractivity contribution in [2.24, 2.45) is 0 Å². The Labute approximate surface area is 91.9 Å². The van der Waals surface area contributed by atoms with Gasteiger partial charge >= 0.3 is 5.97 Å². The van der Waals surface area contributed by atoms with Gasteiger partial charge in [-0.2, -0.15) is 0 Å². The fourth-order valence-corrected chi connectivity index (χ4v) is 1.21. The summed E-state index contributed by atoms with van der Waals surface area (Å²) in [5.74, 6) is -0.387. The average molecular weight is 222 g/mol. The van der Waals surface area contributed by atoms with Gasteiger partial charge in [0.1, 0.15) is 18.3 Å². The van der Waals surface area contributed by atoms with Crippen molar-refractivity contribution in [3.63, 3.8) is 0 Å². The Morgan fingerprint density at radius 2 is 1.88 bits per heavy atom. The molecule has 2 rings (SSSR count). The molecule has 0 spiro atoms. The highest BCUT2D eigenvalue weighted by molar-refractivity contribution is 5.87. The van der Waals surface area contributed by atoms with Crippen molar-refractivity contribution in [3.05, 3.63) is 42.4 Å². The van der Waals surface area contributed by atoms with Crippen LogP contribution in [0.3, 0.4) is 0 Å². The monoisotopic (exact) mass is 222 g/mol. The summed E-state index contributed by atoms with van der Waals surface area (Å²) in [6.45, 7) is 0.249. The van der Waals surface area contributed by atoms with E-state index in [-0.39, 0.29) is 12.2 Å². The molecule has 0 atom stereocenters. The summed E-state index contributed by atoms with van der Waals surface area (Å²) in [6.07, 6.45) is 2.46. The molecular formula is C11H10O5. The predicted molar refractivity (Wildman–Crippen MR) is 54.0 cm³/mol. The number of ether oxygens (including phenoxy) is 3. The van der Waals surface area contributed by atoms with Gasteiger partial charge < -0.3 is 19.3 Å². The third kappa shape index (κ3) is 2.44. The van der Waals surface area contributed by atoms with Gasteiger partial charge in [0.2, 0.25) is 0 Å². The molecule has 16 heavy (non-hydrogen) atoms. The van der Waals surface area contributed by atoms with Gasteiger partial charge in [-0.3, -0.25) is 0 Å². The van der Waals surface area contributed by atoms with Crippen LogP contribution in [0.15, 0.2) is 36.8 Å². The van der Waals surface area contributed by atoms with Crippen LogP contribution in [-0.2, 0) is 9.47 Å². The molecule has 0 radical (unpaired) electrons. The lowest BCUT2D eigenvalue weighted by atomic mass is 10.2. The van der Waals surface area contributed by atoms with Crippen molar-refractivity contribution in [2.45, 2.75) is 6.29 Å². The van der Waals surface area contributed by atoms with Gasteiger partial charge in [0.25, 0.3) is 6.29 Å². The van der Waals surface area contributed by atoms with E-state index in [0.717, 1.165) is 0 Å².